The van der Waals surface area contributed by atoms with Gasteiger partial charge in [-0.3, -0.25) is 0 Å². The molecule has 0 saturated heterocycles. The van der Waals surface area contributed by atoms with Crippen LogP contribution in [0.5, 0.6) is 0 Å². The molecule has 0 aliphatic carbocycles. The average Bonchev–Trinajstić information content (AvgIpc) is 2.25. The van der Waals surface area contributed by atoms with Crippen LogP contribution in [0, 0.1) is 5.82 Å². The minimum atomic E-state index is -0.115. The molecule has 0 unspecified atom stereocenters. The van der Waals surface area contributed by atoms with Crippen molar-refractivity contribution in [3.63, 3.8) is 0 Å². The Labute approximate surface area is 90.4 Å². The van der Waals surface area contributed by atoms with Crippen LogP contribution in [-0.4, -0.2) is 26.8 Å². The maximum atomic E-state index is 13.2. The van der Waals surface area contributed by atoms with Gasteiger partial charge < -0.3 is 10.1 Å². The van der Waals surface area contributed by atoms with Crippen molar-refractivity contribution in [2.45, 2.75) is 12.8 Å². The van der Waals surface area contributed by atoms with Gasteiger partial charge in [0.2, 0.25) is 0 Å². The van der Waals surface area contributed by atoms with E-state index in [1.807, 2.05) is 12.1 Å². The van der Waals surface area contributed by atoms with Crippen LogP contribution in [0.4, 0.5) is 4.39 Å². The normalized spacial score (nSPS) is 10.5. The Hall–Kier alpha value is -0.930. The maximum absolute atomic E-state index is 13.2. The fraction of sp³-hybridized carbons (Fsp3) is 0.500. The van der Waals surface area contributed by atoms with E-state index in [-0.39, 0.29) is 5.82 Å². The highest BCUT2D eigenvalue weighted by Crippen LogP contribution is 2.05. The molecule has 3 heteroatoms. The van der Waals surface area contributed by atoms with Crippen molar-refractivity contribution in [1.82, 2.24) is 5.32 Å². The van der Waals surface area contributed by atoms with Crippen molar-refractivity contribution in [3.05, 3.63) is 35.6 Å². The Morgan fingerprint density at radius 3 is 2.80 bits per heavy atom. The van der Waals surface area contributed by atoms with Gasteiger partial charge in [0.1, 0.15) is 5.82 Å². The molecular formula is C12H18FNO. The van der Waals surface area contributed by atoms with E-state index in [2.05, 4.69) is 5.32 Å². The lowest BCUT2D eigenvalue weighted by Crippen LogP contribution is -2.19. The lowest BCUT2D eigenvalue weighted by atomic mass is 10.1. The molecule has 0 aromatic heterocycles. The molecule has 0 spiro atoms. The van der Waals surface area contributed by atoms with Crippen molar-refractivity contribution in [1.29, 1.82) is 0 Å². The molecule has 0 atom stereocenters. The molecule has 0 heterocycles. The Balaban J connectivity index is 2.12. The van der Waals surface area contributed by atoms with Crippen LogP contribution in [-0.2, 0) is 11.2 Å². The van der Waals surface area contributed by atoms with E-state index in [9.17, 15) is 4.39 Å². The fourth-order valence-corrected chi connectivity index (χ4v) is 1.39. The van der Waals surface area contributed by atoms with Gasteiger partial charge in [-0.2, -0.15) is 0 Å². The minimum Gasteiger partial charge on any atom is -0.385 e. The number of hydrogen-bond acceptors (Lipinski definition) is 2. The second-order valence-corrected chi connectivity index (χ2v) is 3.44. The van der Waals surface area contributed by atoms with E-state index in [4.69, 9.17) is 4.74 Å². The third-order valence-electron chi connectivity index (χ3n) is 2.23. The number of methoxy groups -OCH3 is 1. The first-order valence-corrected chi connectivity index (χ1v) is 5.27. The third kappa shape index (κ3) is 4.91. The molecule has 1 N–H and O–H groups in total. The summed E-state index contributed by atoms with van der Waals surface area (Å²) in [4.78, 5) is 0. The highest BCUT2D eigenvalue weighted by atomic mass is 19.1. The van der Waals surface area contributed by atoms with Gasteiger partial charge in [0.15, 0.2) is 0 Å². The van der Waals surface area contributed by atoms with Crippen LogP contribution in [0.25, 0.3) is 0 Å². The average molecular weight is 211 g/mol. The molecule has 0 fully saturated rings. The quantitative estimate of drug-likeness (QED) is 0.696. The molecule has 0 bridgehead atoms. The Kier molecular flexibility index (Phi) is 5.97. The van der Waals surface area contributed by atoms with E-state index in [0.29, 0.717) is 0 Å². The van der Waals surface area contributed by atoms with Crippen LogP contribution in [0.1, 0.15) is 12.0 Å². The zero-order valence-corrected chi connectivity index (χ0v) is 9.13. The summed E-state index contributed by atoms with van der Waals surface area (Å²) in [6, 6.07) is 6.90. The van der Waals surface area contributed by atoms with Crippen molar-refractivity contribution in [2.24, 2.45) is 0 Å². The van der Waals surface area contributed by atoms with E-state index < -0.39 is 0 Å². The molecule has 0 aliphatic heterocycles. The Morgan fingerprint density at radius 1 is 1.27 bits per heavy atom. The molecule has 0 aliphatic rings. The lowest BCUT2D eigenvalue weighted by Gasteiger charge is -2.05. The number of rotatable bonds is 7. The van der Waals surface area contributed by atoms with Gasteiger partial charge in [-0.25, -0.2) is 4.39 Å². The summed E-state index contributed by atoms with van der Waals surface area (Å²) >= 11 is 0. The SMILES string of the molecule is COCCCNCCc1ccccc1F. The van der Waals surface area contributed by atoms with Gasteiger partial charge in [-0.05, 0) is 37.6 Å². The van der Waals surface area contributed by atoms with Gasteiger partial charge >= 0.3 is 0 Å². The fourth-order valence-electron chi connectivity index (χ4n) is 1.39. The zero-order chi connectivity index (χ0) is 10.9. The number of halogens is 1. The number of hydrogen-bond donors (Lipinski definition) is 1. The van der Waals surface area contributed by atoms with E-state index in [1.165, 1.54) is 6.07 Å². The van der Waals surface area contributed by atoms with Crippen LogP contribution in [0.2, 0.25) is 0 Å². The Bertz CT molecular complexity index is 278. The smallest absolute Gasteiger partial charge is 0.126 e. The molecule has 15 heavy (non-hydrogen) atoms. The first kappa shape index (κ1) is 12.1. The van der Waals surface area contributed by atoms with Crippen molar-refractivity contribution in [3.8, 4) is 0 Å². The molecule has 84 valence electrons. The monoisotopic (exact) mass is 211 g/mol. The van der Waals surface area contributed by atoms with Gasteiger partial charge in [-0.1, -0.05) is 18.2 Å². The third-order valence-corrected chi connectivity index (χ3v) is 2.23. The van der Waals surface area contributed by atoms with Crippen LogP contribution in [0.15, 0.2) is 24.3 Å². The summed E-state index contributed by atoms with van der Waals surface area (Å²) in [5.74, 6) is -0.115. The van der Waals surface area contributed by atoms with Gasteiger partial charge in [0.05, 0.1) is 0 Å². The summed E-state index contributed by atoms with van der Waals surface area (Å²) in [7, 11) is 1.69. The first-order chi connectivity index (χ1) is 7.34. The van der Waals surface area contributed by atoms with Gasteiger partial charge in [0, 0.05) is 13.7 Å². The second kappa shape index (κ2) is 7.37. The standard InChI is InChI=1S/C12H18FNO/c1-15-10-4-8-14-9-7-11-5-2-3-6-12(11)13/h2-3,5-6,14H,4,7-10H2,1H3. The predicted octanol–water partition coefficient (Wildman–Crippen LogP) is 1.99. The van der Waals surface area contributed by atoms with Crippen molar-refractivity contribution < 1.29 is 9.13 Å². The molecular weight excluding hydrogens is 193 g/mol. The van der Waals surface area contributed by atoms with Crippen LogP contribution in [0.3, 0.4) is 0 Å². The predicted molar refractivity (Wildman–Crippen MR) is 59.5 cm³/mol. The van der Waals surface area contributed by atoms with Gasteiger partial charge in [0.25, 0.3) is 0 Å². The van der Waals surface area contributed by atoms with Gasteiger partial charge in [-0.15, -0.1) is 0 Å². The number of ether oxygens (including phenoxy) is 1. The number of nitrogens with one attached hydrogen (secondary N) is 1. The first-order valence-electron chi connectivity index (χ1n) is 5.27. The van der Waals surface area contributed by atoms with E-state index >= 15 is 0 Å². The largest absolute Gasteiger partial charge is 0.385 e. The van der Waals surface area contributed by atoms with Crippen molar-refractivity contribution >= 4 is 0 Å². The maximum Gasteiger partial charge on any atom is 0.126 e. The number of benzene rings is 1. The zero-order valence-electron chi connectivity index (χ0n) is 9.13. The molecule has 1 aromatic carbocycles. The summed E-state index contributed by atoms with van der Waals surface area (Å²) in [5.41, 5.74) is 0.775. The Morgan fingerprint density at radius 2 is 2.07 bits per heavy atom. The summed E-state index contributed by atoms with van der Waals surface area (Å²) < 4.78 is 18.1. The molecule has 0 radical (unpaired) electrons. The van der Waals surface area contributed by atoms with E-state index in [1.54, 1.807) is 13.2 Å². The topological polar surface area (TPSA) is 21.3 Å². The van der Waals surface area contributed by atoms with Crippen LogP contribution >= 0.6 is 0 Å². The molecule has 1 aromatic rings. The molecule has 0 amide bonds. The second-order valence-electron chi connectivity index (χ2n) is 3.44. The highest BCUT2D eigenvalue weighted by molar-refractivity contribution is 5.17. The molecule has 1 rings (SSSR count). The molecule has 0 saturated carbocycles. The lowest BCUT2D eigenvalue weighted by molar-refractivity contribution is 0.194. The molecule has 2 nitrogen and oxygen atoms in total. The minimum absolute atomic E-state index is 0.115. The summed E-state index contributed by atoms with van der Waals surface area (Å²) in [6.07, 6.45) is 1.73. The van der Waals surface area contributed by atoms with Crippen molar-refractivity contribution in [2.75, 3.05) is 26.8 Å². The van der Waals surface area contributed by atoms with Crippen LogP contribution < -0.4 is 5.32 Å². The summed E-state index contributed by atoms with van der Waals surface area (Å²) in [5, 5.41) is 3.25. The summed E-state index contributed by atoms with van der Waals surface area (Å²) in [6.45, 7) is 2.50. The van der Waals surface area contributed by atoms with E-state index in [0.717, 1.165) is 38.1 Å². The highest BCUT2D eigenvalue weighted by Gasteiger charge is 1.98.